The number of carbonyl (C=O) groups is 3. The second-order valence-corrected chi connectivity index (χ2v) is 9.50. The maximum Gasteiger partial charge on any atom is 0.303 e. The fraction of sp³-hybridized carbons (Fsp3) is 0.138. The number of amides is 2. The number of aryl methyl sites for hydroxylation is 1. The SMILES string of the molecule is Cc1ccc(Sc2ccccc2NC(=O)[C@H](CCC(=O)O)NC(=O)c2cccc3ccccc23)cc1. The summed E-state index contributed by atoms with van der Waals surface area (Å²) in [4.78, 5) is 39.6. The number of hydrogen-bond donors (Lipinski definition) is 3. The number of anilines is 1. The standard InChI is InChI=1S/C29H26N2O4S/c1-19-13-15-21(16-14-19)36-26-12-5-4-11-24(26)30-29(35)25(17-18-27(32)33)31-28(34)23-10-6-8-20-7-2-3-9-22(20)23/h2-16,25H,17-18H2,1H3,(H,30,35)(H,31,34)(H,32,33)/t25-/m0/s1. The number of aliphatic carboxylic acids is 1. The molecule has 0 saturated heterocycles. The molecule has 182 valence electrons. The quantitative estimate of drug-likeness (QED) is 0.267. The van der Waals surface area contributed by atoms with Crippen molar-refractivity contribution in [3.05, 3.63) is 102 Å². The summed E-state index contributed by atoms with van der Waals surface area (Å²) in [6.45, 7) is 2.02. The van der Waals surface area contributed by atoms with Crippen molar-refractivity contribution in [1.82, 2.24) is 5.32 Å². The number of benzene rings is 4. The van der Waals surface area contributed by atoms with Crippen LogP contribution in [-0.2, 0) is 9.59 Å². The Morgan fingerprint density at radius 3 is 2.33 bits per heavy atom. The number of carboxylic acids is 1. The van der Waals surface area contributed by atoms with Gasteiger partial charge in [-0.15, -0.1) is 0 Å². The van der Waals surface area contributed by atoms with E-state index in [1.807, 2.05) is 79.7 Å². The molecule has 0 unspecified atom stereocenters. The number of carboxylic acid groups (broad SMARTS) is 1. The van der Waals surface area contributed by atoms with Gasteiger partial charge in [-0.25, -0.2) is 0 Å². The van der Waals surface area contributed by atoms with E-state index in [0.717, 1.165) is 26.1 Å². The summed E-state index contributed by atoms with van der Waals surface area (Å²) in [6.07, 6.45) is -0.293. The molecule has 1 atom stereocenters. The van der Waals surface area contributed by atoms with Crippen molar-refractivity contribution in [2.45, 2.75) is 35.6 Å². The van der Waals surface area contributed by atoms with Crippen LogP contribution in [-0.4, -0.2) is 28.9 Å². The lowest BCUT2D eigenvalue weighted by Gasteiger charge is -2.19. The number of rotatable bonds is 9. The Morgan fingerprint density at radius 2 is 1.56 bits per heavy atom. The Morgan fingerprint density at radius 1 is 0.861 bits per heavy atom. The molecule has 4 aromatic carbocycles. The normalized spacial score (nSPS) is 11.6. The van der Waals surface area contributed by atoms with Crippen molar-refractivity contribution >= 4 is 46.0 Å². The zero-order valence-corrected chi connectivity index (χ0v) is 20.5. The highest BCUT2D eigenvalue weighted by atomic mass is 32.2. The maximum atomic E-state index is 13.3. The number of fused-ring (bicyclic) bond motifs is 1. The smallest absolute Gasteiger partial charge is 0.303 e. The van der Waals surface area contributed by atoms with Gasteiger partial charge < -0.3 is 15.7 Å². The molecule has 0 spiro atoms. The first kappa shape index (κ1) is 25.0. The molecule has 0 bridgehead atoms. The molecule has 0 radical (unpaired) electrons. The van der Waals surface area contributed by atoms with Gasteiger partial charge in [0.05, 0.1) is 5.69 Å². The molecular formula is C29H26N2O4S. The van der Waals surface area contributed by atoms with Crippen LogP contribution < -0.4 is 10.6 Å². The van der Waals surface area contributed by atoms with E-state index in [1.54, 1.807) is 18.2 Å². The molecule has 2 amide bonds. The van der Waals surface area contributed by atoms with Gasteiger partial charge in [-0.3, -0.25) is 14.4 Å². The highest BCUT2D eigenvalue weighted by molar-refractivity contribution is 7.99. The average molecular weight is 499 g/mol. The molecule has 0 aliphatic carbocycles. The van der Waals surface area contributed by atoms with Crippen LogP contribution in [0.1, 0.15) is 28.8 Å². The maximum absolute atomic E-state index is 13.3. The molecule has 0 heterocycles. The van der Waals surface area contributed by atoms with E-state index in [4.69, 9.17) is 0 Å². The predicted octanol–water partition coefficient (Wildman–Crippen LogP) is 5.90. The van der Waals surface area contributed by atoms with Crippen molar-refractivity contribution in [3.8, 4) is 0 Å². The lowest BCUT2D eigenvalue weighted by atomic mass is 10.0. The van der Waals surface area contributed by atoms with Crippen LogP contribution >= 0.6 is 11.8 Å². The molecule has 3 N–H and O–H groups in total. The van der Waals surface area contributed by atoms with E-state index < -0.39 is 23.8 Å². The summed E-state index contributed by atoms with van der Waals surface area (Å²) in [7, 11) is 0. The van der Waals surface area contributed by atoms with E-state index in [-0.39, 0.29) is 12.8 Å². The van der Waals surface area contributed by atoms with Gasteiger partial charge in [0.25, 0.3) is 5.91 Å². The highest BCUT2D eigenvalue weighted by Gasteiger charge is 2.24. The number of nitrogens with one attached hydrogen (secondary N) is 2. The Kier molecular flexibility index (Phi) is 8.02. The number of carbonyl (C=O) groups excluding carboxylic acids is 2. The van der Waals surface area contributed by atoms with Gasteiger partial charge in [-0.2, -0.15) is 0 Å². The lowest BCUT2D eigenvalue weighted by Crippen LogP contribution is -2.44. The van der Waals surface area contributed by atoms with Crippen molar-refractivity contribution in [2.75, 3.05) is 5.32 Å². The lowest BCUT2D eigenvalue weighted by molar-refractivity contribution is -0.137. The molecule has 0 saturated carbocycles. The minimum atomic E-state index is -1.04. The largest absolute Gasteiger partial charge is 0.481 e. The highest BCUT2D eigenvalue weighted by Crippen LogP contribution is 2.33. The fourth-order valence-corrected chi connectivity index (χ4v) is 4.71. The topological polar surface area (TPSA) is 95.5 Å². The van der Waals surface area contributed by atoms with Gasteiger partial charge in [0, 0.05) is 21.8 Å². The van der Waals surface area contributed by atoms with Gasteiger partial charge >= 0.3 is 5.97 Å². The summed E-state index contributed by atoms with van der Waals surface area (Å²) in [5.74, 6) is -1.94. The predicted molar refractivity (Wildman–Crippen MR) is 142 cm³/mol. The van der Waals surface area contributed by atoms with Gasteiger partial charge in [0.1, 0.15) is 6.04 Å². The molecule has 7 heteroatoms. The van der Waals surface area contributed by atoms with E-state index >= 15 is 0 Å². The summed E-state index contributed by atoms with van der Waals surface area (Å²) in [5, 5.41) is 16.5. The van der Waals surface area contributed by atoms with Crippen LogP contribution in [0.3, 0.4) is 0 Å². The zero-order chi connectivity index (χ0) is 25.5. The van der Waals surface area contributed by atoms with Crippen LogP contribution in [0.5, 0.6) is 0 Å². The monoisotopic (exact) mass is 498 g/mol. The van der Waals surface area contributed by atoms with Crippen LogP contribution in [0.2, 0.25) is 0 Å². The molecule has 0 fully saturated rings. The Hall–Kier alpha value is -4.10. The van der Waals surface area contributed by atoms with Crippen molar-refractivity contribution in [3.63, 3.8) is 0 Å². The summed E-state index contributed by atoms with van der Waals surface area (Å²) in [5.41, 5.74) is 2.17. The van der Waals surface area contributed by atoms with Gasteiger partial charge in [0.15, 0.2) is 0 Å². The molecule has 4 aromatic rings. The molecule has 4 rings (SSSR count). The van der Waals surface area contributed by atoms with E-state index in [9.17, 15) is 19.5 Å². The summed E-state index contributed by atoms with van der Waals surface area (Å²) in [6, 6.07) is 27.3. The van der Waals surface area contributed by atoms with E-state index in [1.165, 1.54) is 11.8 Å². The average Bonchev–Trinajstić information content (AvgIpc) is 2.88. The number of para-hydroxylation sites is 1. The summed E-state index contributed by atoms with van der Waals surface area (Å²) < 4.78 is 0. The first-order valence-corrected chi connectivity index (χ1v) is 12.4. The second-order valence-electron chi connectivity index (χ2n) is 8.39. The Balaban J connectivity index is 1.54. The van der Waals surface area contributed by atoms with Gasteiger partial charge in [0.2, 0.25) is 5.91 Å². The van der Waals surface area contributed by atoms with Crippen molar-refractivity contribution < 1.29 is 19.5 Å². The van der Waals surface area contributed by atoms with Crippen molar-refractivity contribution in [2.24, 2.45) is 0 Å². The fourth-order valence-electron chi connectivity index (χ4n) is 3.81. The van der Waals surface area contributed by atoms with Gasteiger partial charge in [-0.05, 0) is 54.4 Å². The van der Waals surface area contributed by atoms with Crippen LogP contribution in [0.4, 0.5) is 5.69 Å². The first-order valence-electron chi connectivity index (χ1n) is 11.6. The molecule has 0 aliphatic heterocycles. The molecule has 0 aromatic heterocycles. The van der Waals surface area contributed by atoms with Crippen LogP contribution in [0.15, 0.2) is 101 Å². The summed E-state index contributed by atoms with van der Waals surface area (Å²) >= 11 is 1.51. The minimum Gasteiger partial charge on any atom is -0.481 e. The third-order valence-electron chi connectivity index (χ3n) is 5.70. The third-order valence-corrected chi connectivity index (χ3v) is 6.78. The van der Waals surface area contributed by atoms with E-state index in [2.05, 4.69) is 10.6 Å². The third kappa shape index (κ3) is 6.31. The van der Waals surface area contributed by atoms with Crippen LogP contribution in [0, 0.1) is 6.92 Å². The van der Waals surface area contributed by atoms with Crippen molar-refractivity contribution in [1.29, 1.82) is 0 Å². The van der Waals surface area contributed by atoms with Gasteiger partial charge in [-0.1, -0.05) is 78.0 Å². The molecule has 0 aliphatic rings. The zero-order valence-electron chi connectivity index (χ0n) is 19.7. The molecular weight excluding hydrogens is 472 g/mol. The van der Waals surface area contributed by atoms with Crippen LogP contribution in [0.25, 0.3) is 10.8 Å². The van der Waals surface area contributed by atoms with E-state index in [0.29, 0.717) is 11.3 Å². The minimum absolute atomic E-state index is 0.0368. The Labute approximate surface area is 213 Å². The second kappa shape index (κ2) is 11.6. The Bertz CT molecular complexity index is 1400. The molecule has 6 nitrogen and oxygen atoms in total. The number of hydrogen-bond acceptors (Lipinski definition) is 4. The first-order chi connectivity index (χ1) is 17.4. The molecule has 36 heavy (non-hydrogen) atoms.